The topological polar surface area (TPSA) is 45.1 Å². The molecular weight excluding hydrogens is 469 g/mol. The Hall–Kier alpha value is -1.54. The highest BCUT2D eigenvalue weighted by atomic mass is 79.9. The summed E-state index contributed by atoms with van der Waals surface area (Å²) in [5.41, 5.74) is 0.886. The molecule has 1 aromatic carbocycles. The number of carbonyl (C=O) groups excluding carboxylic acids is 1. The van der Waals surface area contributed by atoms with E-state index in [0.29, 0.717) is 23.4 Å². The van der Waals surface area contributed by atoms with Crippen molar-refractivity contribution in [2.45, 2.75) is 45.3 Å². The smallest absolute Gasteiger partial charge is 0.263 e. The zero-order chi connectivity index (χ0) is 21.8. The van der Waals surface area contributed by atoms with E-state index in [-0.39, 0.29) is 17.7 Å². The molecule has 2 aliphatic heterocycles. The molecule has 0 bridgehead atoms. The van der Waals surface area contributed by atoms with E-state index in [0.717, 1.165) is 36.8 Å². The fraction of sp³-hybridized carbons (Fsp3) is 0.545. The second-order valence-electron chi connectivity index (χ2n) is 7.96. The minimum absolute atomic E-state index is 0.0392. The fourth-order valence-electron chi connectivity index (χ4n) is 3.74. The van der Waals surface area contributed by atoms with Gasteiger partial charge >= 0.3 is 0 Å². The van der Waals surface area contributed by atoms with Gasteiger partial charge in [0, 0.05) is 42.3 Å². The standard InChI is InChI=1S/C22H29BrFN3O2S/c1-14(2)15(3)25-22(30-4)26-10-7-17(8-11-26)27-12-9-20(21(27)28)29-19-6-5-16(23)13-18(19)24/h5-6,13-14,17,20H,3,7-12H2,1-2,4H3. The SMILES string of the molecule is C=C(N=C(SC)N1CCC(N2CCC(Oc3ccc(Br)cc3F)C2=O)CC1)C(C)C. The van der Waals surface area contributed by atoms with E-state index in [1.807, 2.05) is 11.2 Å². The largest absolute Gasteiger partial charge is 0.477 e. The molecule has 2 fully saturated rings. The molecule has 8 heteroatoms. The van der Waals surface area contributed by atoms with E-state index >= 15 is 0 Å². The van der Waals surface area contributed by atoms with Crippen molar-refractivity contribution in [1.82, 2.24) is 9.80 Å². The van der Waals surface area contributed by atoms with Crippen LogP contribution >= 0.6 is 27.7 Å². The average Bonchev–Trinajstić information content (AvgIpc) is 3.08. The van der Waals surface area contributed by atoms with Crippen molar-refractivity contribution < 1.29 is 13.9 Å². The third-order valence-electron chi connectivity index (χ3n) is 5.62. The van der Waals surface area contributed by atoms with Crippen molar-refractivity contribution >= 4 is 38.8 Å². The number of allylic oxidation sites excluding steroid dienone is 1. The number of carbonyl (C=O) groups is 1. The van der Waals surface area contributed by atoms with Gasteiger partial charge in [0.1, 0.15) is 0 Å². The Bertz CT molecular complexity index is 825. The number of thioether (sulfide) groups is 1. The Balaban J connectivity index is 1.57. The van der Waals surface area contributed by atoms with E-state index in [1.54, 1.807) is 23.9 Å². The number of amides is 1. The van der Waals surface area contributed by atoms with Gasteiger partial charge in [-0.15, -0.1) is 0 Å². The molecule has 0 radical (unpaired) electrons. The van der Waals surface area contributed by atoms with Crippen molar-refractivity contribution in [1.29, 1.82) is 0 Å². The molecule has 2 heterocycles. The molecule has 164 valence electrons. The van der Waals surface area contributed by atoms with Crippen molar-refractivity contribution in [3.63, 3.8) is 0 Å². The number of aliphatic imine (C=N–C) groups is 1. The minimum Gasteiger partial charge on any atom is -0.477 e. The summed E-state index contributed by atoms with van der Waals surface area (Å²) in [4.78, 5) is 21.8. The Morgan fingerprint density at radius 2 is 2.00 bits per heavy atom. The molecule has 5 nitrogen and oxygen atoms in total. The normalized spacial score (nSPS) is 20.9. The van der Waals surface area contributed by atoms with Gasteiger partial charge in [-0.25, -0.2) is 9.38 Å². The Morgan fingerprint density at radius 1 is 1.30 bits per heavy atom. The number of rotatable bonds is 5. The molecule has 3 rings (SSSR count). The summed E-state index contributed by atoms with van der Waals surface area (Å²) in [5.74, 6) is -0.0580. The van der Waals surface area contributed by atoms with Crippen LogP contribution < -0.4 is 4.74 Å². The highest BCUT2D eigenvalue weighted by Crippen LogP contribution is 2.28. The number of nitrogens with zero attached hydrogens (tertiary/aromatic N) is 3. The lowest BCUT2D eigenvalue weighted by molar-refractivity contribution is -0.136. The molecule has 2 aliphatic rings. The Kier molecular flexibility index (Phi) is 7.85. The molecule has 0 aromatic heterocycles. The first kappa shape index (κ1) is 23.1. The molecule has 0 N–H and O–H groups in total. The maximum Gasteiger partial charge on any atom is 0.263 e. The third kappa shape index (κ3) is 5.38. The molecule has 30 heavy (non-hydrogen) atoms. The Labute approximate surface area is 190 Å². The number of benzene rings is 1. The summed E-state index contributed by atoms with van der Waals surface area (Å²) in [6.45, 7) is 10.6. The van der Waals surface area contributed by atoms with Gasteiger partial charge in [-0.1, -0.05) is 48.1 Å². The molecular formula is C22H29BrFN3O2S. The summed E-state index contributed by atoms with van der Waals surface area (Å²) in [5, 5.41) is 0.992. The van der Waals surface area contributed by atoms with Crippen LogP contribution in [0.5, 0.6) is 5.75 Å². The zero-order valence-electron chi connectivity index (χ0n) is 17.7. The van der Waals surface area contributed by atoms with Gasteiger partial charge in [0.2, 0.25) is 0 Å². The van der Waals surface area contributed by atoms with Gasteiger partial charge in [0.15, 0.2) is 22.8 Å². The maximum absolute atomic E-state index is 14.1. The highest BCUT2D eigenvalue weighted by molar-refractivity contribution is 9.10. The number of hydrogen-bond acceptors (Lipinski definition) is 4. The van der Waals surface area contributed by atoms with Crippen LogP contribution in [-0.2, 0) is 4.79 Å². The first-order chi connectivity index (χ1) is 14.3. The fourth-order valence-corrected chi connectivity index (χ4v) is 4.72. The average molecular weight is 498 g/mol. The van der Waals surface area contributed by atoms with Crippen LogP contribution in [0.3, 0.4) is 0 Å². The maximum atomic E-state index is 14.1. The number of hydrogen-bond donors (Lipinski definition) is 0. The van der Waals surface area contributed by atoms with Gasteiger partial charge in [-0.2, -0.15) is 0 Å². The zero-order valence-corrected chi connectivity index (χ0v) is 20.1. The predicted molar refractivity (Wildman–Crippen MR) is 124 cm³/mol. The lowest BCUT2D eigenvalue weighted by Gasteiger charge is -2.37. The molecule has 1 aromatic rings. The van der Waals surface area contributed by atoms with Gasteiger partial charge in [0.25, 0.3) is 5.91 Å². The van der Waals surface area contributed by atoms with Gasteiger partial charge < -0.3 is 14.5 Å². The first-order valence-corrected chi connectivity index (χ1v) is 12.3. The van der Waals surface area contributed by atoms with Crippen LogP contribution in [-0.4, -0.2) is 58.9 Å². The first-order valence-electron chi connectivity index (χ1n) is 10.3. The Morgan fingerprint density at radius 3 is 2.60 bits per heavy atom. The van der Waals surface area contributed by atoms with Gasteiger partial charge in [0.05, 0.1) is 0 Å². The van der Waals surface area contributed by atoms with E-state index < -0.39 is 11.9 Å². The second-order valence-corrected chi connectivity index (χ2v) is 9.65. The van der Waals surface area contributed by atoms with Crippen molar-refractivity contribution in [3.05, 3.63) is 40.8 Å². The summed E-state index contributed by atoms with van der Waals surface area (Å²) >= 11 is 4.87. The number of likely N-dealkylation sites (tertiary alicyclic amines) is 2. The van der Waals surface area contributed by atoms with E-state index in [4.69, 9.17) is 9.73 Å². The van der Waals surface area contributed by atoms with Gasteiger partial charge in [-0.05, 0) is 43.2 Å². The summed E-state index contributed by atoms with van der Waals surface area (Å²) in [6, 6.07) is 4.81. The number of ether oxygens (including phenoxy) is 1. The second kappa shape index (κ2) is 10.2. The van der Waals surface area contributed by atoms with E-state index in [2.05, 4.69) is 41.3 Å². The van der Waals surface area contributed by atoms with Crippen LogP contribution in [0, 0.1) is 11.7 Å². The molecule has 1 amide bonds. The quantitative estimate of drug-likeness (QED) is 0.427. The van der Waals surface area contributed by atoms with Crippen LogP contribution in [0.1, 0.15) is 33.1 Å². The summed E-state index contributed by atoms with van der Waals surface area (Å²) in [7, 11) is 0. The van der Waals surface area contributed by atoms with Crippen molar-refractivity contribution in [3.8, 4) is 5.75 Å². The lowest BCUT2D eigenvalue weighted by Crippen LogP contribution is -2.47. The van der Waals surface area contributed by atoms with Crippen LogP contribution in [0.15, 0.2) is 39.9 Å². The van der Waals surface area contributed by atoms with Crippen LogP contribution in [0.25, 0.3) is 0 Å². The third-order valence-corrected chi connectivity index (χ3v) is 6.83. The highest BCUT2D eigenvalue weighted by Gasteiger charge is 2.39. The minimum atomic E-state index is -0.614. The van der Waals surface area contributed by atoms with Crippen molar-refractivity contribution in [2.24, 2.45) is 10.9 Å². The monoisotopic (exact) mass is 497 g/mol. The van der Waals surface area contributed by atoms with Gasteiger partial charge in [-0.3, -0.25) is 4.79 Å². The number of piperidine rings is 1. The number of halogens is 2. The van der Waals surface area contributed by atoms with E-state index in [1.165, 1.54) is 6.07 Å². The summed E-state index contributed by atoms with van der Waals surface area (Å²) < 4.78 is 20.4. The van der Waals surface area contributed by atoms with E-state index in [9.17, 15) is 9.18 Å². The van der Waals surface area contributed by atoms with Crippen LogP contribution in [0.2, 0.25) is 0 Å². The predicted octanol–water partition coefficient (Wildman–Crippen LogP) is 4.92. The molecule has 0 aliphatic carbocycles. The summed E-state index contributed by atoms with van der Waals surface area (Å²) in [6.07, 6.45) is 3.78. The lowest BCUT2D eigenvalue weighted by atomic mass is 10.0. The molecule has 2 saturated heterocycles. The molecule has 1 atom stereocenters. The van der Waals surface area contributed by atoms with Crippen LogP contribution in [0.4, 0.5) is 4.39 Å². The van der Waals surface area contributed by atoms with Crippen molar-refractivity contribution in [2.75, 3.05) is 25.9 Å². The molecule has 0 saturated carbocycles. The number of amidine groups is 1. The molecule has 1 unspecified atom stereocenters. The molecule has 0 spiro atoms.